The van der Waals surface area contributed by atoms with E-state index in [9.17, 15) is 14.7 Å². The summed E-state index contributed by atoms with van der Waals surface area (Å²) in [7, 11) is 0. The zero-order valence-electron chi connectivity index (χ0n) is 12.8. The molecule has 0 heterocycles. The quantitative estimate of drug-likeness (QED) is 0.789. The number of amides is 1. The predicted molar refractivity (Wildman–Crippen MR) is 91.4 cm³/mol. The number of halogens is 2. The molecule has 0 aliphatic carbocycles. The molecule has 5 nitrogen and oxygen atoms in total. The van der Waals surface area contributed by atoms with Gasteiger partial charge in [0.05, 0.1) is 6.04 Å². The molecular weight excluding hydrogens is 353 g/mol. The van der Waals surface area contributed by atoms with Crippen LogP contribution in [0.2, 0.25) is 10.0 Å². The molecule has 0 fully saturated rings. The van der Waals surface area contributed by atoms with Crippen LogP contribution < -0.4 is 5.32 Å². The van der Waals surface area contributed by atoms with Gasteiger partial charge in [-0.1, -0.05) is 41.4 Å². The molecule has 0 aliphatic rings. The minimum atomic E-state index is -0.837. The maximum atomic E-state index is 11.9. The molecule has 0 radical (unpaired) electrons. The fraction of sp³-hybridized carbons (Fsp3) is 0.176. The Kier molecular flexibility index (Phi) is 6.06. The number of hydrogen-bond donors (Lipinski definition) is 2. The van der Waals surface area contributed by atoms with Crippen molar-refractivity contribution in [3.05, 3.63) is 63.6 Å². The van der Waals surface area contributed by atoms with Crippen LogP contribution in [0, 0.1) is 0 Å². The highest BCUT2D eigenvalue weighted by Gasteiger charge is 2.17. The van der Waals surface area contributed by atoms with Crippen LogP contribution in [0.25, 0.3) is 0 Å². The van der Waals surface area contributed by atoms with Gasteiger partial charge in [-0.3, -0.25) is 4.79 Å². The number of nitrogens with one attached hydrogen (secondary N) is 1. The first kappa shape index (κ1) is 18.1. The second-order valence-corrected chi connectivity index (χ2v) is 5.89. The van der Waals surface area contributed by atoms with Gasteiger partial charge < -0.3 is 15.2 Å². The van der Waals surface area contributed by atoms with Crippen LogP contribution in [0.1, 0.15) is 28.9 Å². The van der Waals surface area contributed by atoms with Crippen molar-refractivity contribution in [2.75, 3.05) is 6.61 Å². The molecule has 2 rings (SSSR count). The van der Waals surface area contributed by atoms with Gasteiger partial charge in [-0.25, -0.2) is 4.79 Å². The highest BCUT2D eigenvalue weighted by Crippen LogP contribution is 2.23. The van der Waals surface area contributed by atoms with E-state index in [1.807, 2.05) is 6.07 Å². The Morgan fingerprint density at radius 1 is 1.21 bits per heavy atom. The van der Waals surface area contributed by atoms with E-state index < -0.39 is 18.5 Å². The van der Waals surface area contributed by atoms with E-state index in [0.29, 0.717) is 5.02 Å². The van der Waals surface area contributed by atoms with Crippen LogP contribution in [-0.4, -0.2) is 23.6 Å². The van der Waals surface area contributed by atoms with Gasteiger partial charge >= 0.3 is 5.97 Å². The Morgan fingerprint density at radius 2 is 1.92 bits per heavy atom. The molecule has 0 saturated carbocycles. The van der Waals surface area contributed by atoms with Gasteiger partial charge in [-0.2, -0.15) is 0 Å². The summed E-state index contributed by atoms with van der Waals surface area (Å²) in [5, 5.41) is 13.1. The van der Waals surface area contributed by atoms with Gasteiger partial charge in [0.1, 0.15) is 11.3 Å². The van der Waals surface area contributed by atoms with E-state index in [2.05, 4.69) is 5.32 Å². The summed E-state index contributed by atoms with van der Waals surface area (Å²) in [6.07, 6.45) is 0. The fourth-order valence-electron chi connectivity index (χ4n) is 2.07. The van der Waals surface area contributed by atoms with Crippen molar-refractivity contribution in [2.24, 2.45) is 0 Å². The van der Waals surface area contributed by atoms with Crippen molar-refractivity contribution in [3.63, 3.8) is 0 Å². The summed E-state index contributed by atoms with van der Waals surface area (Å²) in [4.78, 5) is 23.8. The molecule has 24 heavy (non-hydrogen) atoms. The largest absolute Gasteiger partial charge is 0.507 e. The van der Waals surface area contributed by atoms with Crippen molar-refractivity contribution < 1.29 is 19.4 Å². The summed E-state index contributed by atoms with van der Waals surface area (Å²) >= 11 is 11.8. The monoisotopic (exact) mass is 367 g/mol. The zero-order chi connectivity index (χ0) is 17.7. The smallest absolute Gasteiger partial charge is 0.342 e. The molecule has 0 saturated heterocycles. The molecule has 0 spiro atoms. The third-order valence-corrected chi connectivity index (χ3v) is 3.84. The number of benzene rings is 2. The summed E-state index contributed by atoms with van der Waals surface area (Å²) in [6, 6.07) is 10.8. The molecule has 7 heteroatoms. The first-order valence-corrected chi connectivity index (χ1v) is 7.83. The first-order chi connectivity index (χ1) is 11.4. The van der Waals surface area contributed by atoms with Gasteiger partial charge in [-0.15, -0.1) is 0 Å². The molecule has 0 unspecified atom stereocenters. The number of esters is 1. The number of ether oxygens (including phenoxy) is 1. The minimum absolute atomic E-state index is 0.102. The summed E-state index contributed by atoms with van der Waals surface area (Å²) in [6.45, 7) is 1.28. The first-order valence-electron chi connectivity index (χ1n) is 7.08. The molecule has 2 aromatic carbocycles. The zero-order valence-corrected chi connectivity index (χ0v) is 14.3. The SMILES string of the molecule is C[C@H](NC(=O)COC(=O)c1cc(Cl)ccc1O)c1ccccc1Cl. The molecule has 1 atom stereocenters. The number of rotatable bonds is 5. The lowest BCUT2D eigenvalue weighted by atomic mass is 10.1. The van der Waals surface area contributed by atoms with E-state index >= 15 is 0 Å². The van der Waals surface area contributed by atoms with Crippen LogP contribution in [0.15, 0.2) is 42.5 Å². The number of hydrogen-bond acceptors (Lipinski definition) is 4. The predicted octanol–water partition coefficient (Wildman–Crippen LogP) is 3.73. The average molecular weight is 368 g/mol. The van der Waals surface area contributed by atoms with E-state index in [-0.39, 0.29) is 22.4 Å². The number of carbonyl (C=O) groups excluding carboxylic acids is 2. The highest BCUT2D eigenvalue weighted by molar-refractivity contribution is 6.31. The van der Waals surface area contributed by atoms with Crippen LogP contribution in [-0.2, 0) is 9.53 Å². The number of phenols is 1. The molecule has 0 aliphatic heterocycles. The van der Waals surface area contributed by atoms with Gasteiger partial charge in [0.25, 0.3) is 5.91 Å². The number of aromatic hydroxyl groups is 1. The third-order valence-electron chi connectivity index (χ3n) is 3.26. The second-order valence-electron chi connectivity index (χ2n) is 5.05. The molecule has 0 bridgehead atoms. The normalized spacial score (nSPS) is 11.6. The maximum absolute atomic E-state index is 11.9. The van der Waals surface area contributed by atoms with Crippen molar-refractivity contribution in [3.8, 4) is 5.75 Å². The lowest BCUT2D eigenvalue weighted by Crippen LogP contribution is -2.31. The van der Waals surface area contributed by atoms with Crippen LogP contribution in [0.3, 0.4) is 0 Å². The maximum Gasteiger partial charge on any atom is 0.342 e. The van der Waals surface area contributed by atoms with Crippen molar-refractivity contribution in [1.29, 1.82) is 0 Å². The Balaban J connectivity index is 1.92. The number of carbonyl (C=O) groups is 2. The van der Waals surface area contributed by atoms with Crippen molar-refractivity contribution in [2.45, 2.75) is 13.0 Å². The molecule has 2 aromatic rings. The van der Waals surface area contributed by atoms with Crippen molar-refractivity contribution in [1.82, 2.24) is 5.32 Å². The van der Waals surface area contributed by atoms with Gasteiger partial charge in [0, 0.05) is 10.0 Å². The van der Waals surface area contributed by atoms with E-state index in [1.165, 1.54) is 18.2 Å². The minimum Gasteiger partial charge on any atom is -0.507 e. The van der Waals surface area contributed by atoms with E-state index in [0.717, 1.165) is 5.56 Å². The summed E-state index contributed by atoms with van der Waals surface area (Å²) in [5.41, 5.74) is 0.654. The van der Waals surface area contributed by atoms with Crippen molar-refractivity contribution >= 4 is 35.1 Å². The Labute approximate surface area is 149 Å². The van der Waals surface area contributed by atoms with Gasteiger partial charge in [0.15, 0.2) is 6.61 Å². The lowest BCUT2D eigenvalue weighted by molar-refractivity contribution is -0.124. The van der Waals surface area contributed by atoms with Crippen LogP contribution in [0.5, 0.6) is 5.75 Å². The Morgan fingerprint density at radius 3 is 2.62 bits per heavy atom. The van der Waals surface area contributed by atoms with Gasteiger partial charge in [0.2, 0.25) is 0 Å². The average Bonchev–Trinajstić information content (AvgIpc) is 2.55. The Hall–Kier alpha value is -2.24. The second kappa shape index (κ2) is 8.04. The van der Waals surface area contributed by atoms with E-state index in [4.69, 9.17) is 27.9 Å². The molecular formula is C17H15Cl2NO4. The number of phenolic OH excluding ortho intramolecular Hbond substituents is 1. The van der Waals surface area contributed by atoms with Crippen LogP contribution in [0.4, 0.5) is 0 Å². The fourth-order valence-corrected chi connectivity index (χ4v) is 2.54. The molecule has 1 amide bonds. The van der Waals surface area contributed by atoms with Crippen LogP contribution >= 0.6 is 23.2 Å². The lowest BCUT2D eigenvalue weighted by Gasteiger charge is -2.15. The molecule has 126 valence electrons. The van der Waals surface area contributed by atoms with Gasteiger partial charge in [-0.05, 0) is 36.8 Å². The molecule has 0 aromatic heterocycles. The third kappa shape index (κ3) is 4.63. The van der Waals surface area contributed by atoms with E-state index in [1.54, 1.807) is 25.1 Å². The standard InChI is InChI=1S/C17H15Cl2NO4/c1-10(12-4-2-3-5-14(12)19)20-16(22)9-24-17(23)13-8-11(18)6-7-15(13)21/h2-8,10,21H,9H2,1H3,(H,20,22)/t10-/m0/s1. The summed E-state index contributed by atoms with van der Waals surface area (Å²) < 4.78 is 4.89. The highest BCUT2D eigenvalue weighted by atomic mass is 35.5. The molecule has 2 N–H and O–H groups in total. The topological polar surface area (TPSA) is 75.6 Å². The Bertz CT molecular complexity index is 764. The summed E-state index contributed by atoms with van der Waals surface area (Å²) in [5.74, 6) is -1.60.